The molecule has 0 spiro atoms. The number of esters is 2. The van der Waals surface area contributed by atoms with Crippen LogP contribution >= 0.6 is 0 Å². The molecular formula is C31H42O17. The van der Waals surface area contributed by atoms with Crippen molar-refractivity contribution >= 4 is 11.9 Å². The molecule has 0 saturated carbocycles. The fourth-order valence-corrected chi connectivity index (χ4v) is 5.58. The number of benzene rings is 1. The average Bonchev–Trinajstić information content (AvgIpc) is 3.08. The van der Waals surface area contributed by atoms with E-state index < -0.39 is 105 Å². The van der Waals surface area contributed by atoms with Gasteiger partial charge in [-0.15, -0.1) is 0 Å². The summed E-state index contributed by atoms with van der Waals surface area (Å²) >= 11 is 0. The predicted octanol–water partition coefficient (Wildman–Crippen LogP) is -2.52. The molecule has 4 rings (SSSR count). The molecule has 8 N–H and O–H groups in total. The molecular weight excluding hydrogens is 644 g/mol. The zero-order valence-electron chi connectivity index (χ0n) is 26.2. The molecule has 0 amide bonds. The number of carbonyl (C=O) groups excluding carboxylic acids is 2. The van der Waals surface area contributed by atoms with Gasteiger partial charge in [-0.05, 0) is 31.0 Å². The Morgan fingerprint density at radius 3 is 2.15 bits per heavy atom. The highest BCUT2D eigenvalue weighted by atomic mass is 16.8. The van der Waals surface area contributed by atoms with Crippen LogP contribution in [-0.4, -0.2) is 147 Å². The Morgan fingerprint density at radius 2 is 1.52 bits per heavy atom. The van der Waals surface area contributed by atoms with Crippen molar-refractivity contribution in [1.82, 2.24) is 0 Å². The smallest absolute Gasteiger partial charge is 0.337 e. The van der Waals surface area contributed by atoms with Gasteiger partial charge >= 0.3 is 11.9 Å². The van der Waals surface area contributed by atoms with Gasteiger partial charge in [0.05, 0.1) is 45.2 Å². The number of hydrogen-bond donors (Lipinski definition) is 8. The van der Waals surface area contributed by atoms with Gasteiger partial charge in [0.25, 0.3) is 0 Å². The summed E-state index contributed by atoms with van der Waals surface area (Å²) in [5.41, 5.74) is 0.851. The van der Waals surface area contributed by atoms with E-state index in [2.05, 4.69) is 0 Å². The van der Waals surface area contributed by atoms with E-state index >= 15 is 0 Å². The molecule has 12 atom stereocenters. The first-order valence-electron chi connectivity index (χ1n) is 15.2. The second kappa shape index (κ2) is 17.0. The van der Waals surface area contributed by atoms with E-state index in [1.807, 2.05) is 0 Å². The lowest BCUT2D eigenvalue weighted by molar-refractivity contribution is -0.327. The third kappa shape index (κ3) is 8.50. The highest BCUT2D eigenvalue weighted by Crippen LogP contribution is 2.37. The third-order valence-electron chi connectivity index (χ3n) is 8.30. The number of hydrogen-bond acceptors (Lipinski definition) is 17. The number of rotatable bonds is 12. The van der Waals surface area contributed by atoms with Crippen molar-refractivity contribution in [2.45, 2.75) is 87.5 Å². The van der Waals surface area contributed by atoms with Crippen LogP contribution in [0.15, 0.2) is 47.7 Å². The minimum absolute atomic E-state index is 0.0483. The Labute approximate surface area is 275 Å². The Bertz CT molecular complexity index is 1280. The number of aliphatic hydroxyl groups is 7. The topological polar surface area (TPSA) is 261 Å². The quantitative estimate of drug-likeness (QED) is 0.0834. The number of phenolic OH excluding ortho intramolecular Hbond substituents is 1. The summed E-state index contributed by atoms with van der Waals surface area (Å²) in [6.07, 6.45) is -14.8. The molecule has 3 aliphatic rings. The number of ether oxygens (including phenoxy) is 7. The second-order valence-electron chi connectivity index (χ2n) is 11.4. The summed E-state index contributed by atoms with van der Waals surface area (Å²) in [5, 5.41) is 81.1. The monoisotopic (exact) mass is 686 g/mol. The van der Waals surface area contributed by atoms with E-state index in [0.29, 0.717) is 6.42 Å². The van der Waals surface area contributed by atoms with Gasteiger partial charge in [-0.2, -0.15) is 0 Å². The molecule has 3 aliphatic heterocycles. The fraction of sp³-hybridized carbons (Fsp3) is 0.613. The summed E-state index contributed by atoms with van der Waals surface area (Å²) in [5.74, 6) is -2.88. The van der Waals surface area contributed by atoms with Crippen LogP contribution in [0.25, 0.3) is 0 Å². The summed E-state index contributed by atoms with van der Waals surface area (Å²) in [7, 11) is 1.11. The normalized spacial score (nSPS) is 36.2. The second-order valence-corrected chi connectivity index (χ2v) is 11.4. The van der Waals surface area contributed by atoms with E-state index in [9.17, 15) is 50.4 Å². The molecule has 0 aliphatic carbocycles. The molecule has 48 heavy (non-hydrogen) atoms. The van der Waals surface area contributed by atoms with E-state index in [1.54, 1.807) is 19.1 Å². The number of aromatic hydroxyl groups is 1. The Balaban J connectivity index is 1.43. The molecule has 268 valence electrons. The molecule has 17 nitrogen and oxygen atoms in total. The minimum Gasteiger partial charge on any atom is -0.508 e. The molecule has 1 aromatic carbocycles. The van der Waals surface area contributed by atoms with Gasteiger partial charge in [0, 0.05) is 11.5 Å². The highest BCUT2D eigenvalue weighted by molar-refractivity contribution is 5.90. The predicted molar refractivity (Wildman–Crippen MR) is 157 cm³/mol. The van der Waals surface area contributed by atoms with Gasteiger partial charge in [0.2, 0.25) is 6.29 Å². The Morgan fingerprint density at radius 1 is 0.875 bits per heavy atom. The Hall–Kier alpha value is -3.20. The molecule has 3 heterocycles. The van der Waals surface area contributed by atoms with Gasteiger partial charge in [-0.1, -0.05) is 18.2 Å². The summed E-state index contributed by atoms with van der Waals surface area (Å²) in [4.78, 5) is 26.0. The van der Waals surface area contributed by atoms with Gasteiger partial charge in [0.1, 0.15) is 48.5 Å². The number of carbonyl (C=O) groups is 2. The van der Waals surface area contributed by atoms with E-state index in [0.717, 1.165) is 18.9 Å². The van der Waals surface area contributed by atoms with Crippen molar-refractivity contribution in [2.75, 3.05) is 26.9 Å². The van der Waals surface area contributed by atoms with Crippen molar-refractivity contribution in [1.29, 1.82) is 0 Å². The first kappa shape index (κ1) is 37.6. The summed E-state index contributed by atoms with van der Waals surface area (Å²) in [6.45, 7) is 0.159. The molecule has 0 bridgehead atoms. The number of phenols is 1. The molecule has 0 aromatic heterocycles. The average molecular weight is 687 g/mol. The highest BCUT2D eigenvalue weighted by Gasteiger charge is 2.49. The molecule has 2 fully saturated rings. The standard InChI is InChI=1S/C31H42O17/c1-3-16-17(18(28(41)42-2)13-44-29(16)48-31-25(39)23(37)22(36)19(11-32)45-31)10-21(35)47-27-20(12-33)46-30(26(40)24(27)38)43-9-8-14-4-6-15(34)7-5-14/h3-7,13,17,19-20,22-27,29-34,36-40H,8-12H2,1-2H3/b16-3+/t17-,19+,20+,22+,23-,24-,25-,26-,27+,29-,30+,31-/m0/s1. The number of allylic oxidation sites excluding steroid dienone is 1. The van der Waals surface area contributed by atoms with Crippen LogP contribution < -0.4 is 0 Å². The zero-order chi connectivity index (χ0) is 35.1. The van der Waals surface area contributed by atoms with E-state index in [1.165, 1.54) is 18.2 Å². The summed E-state index contributed by atoms with van der Waals surface area (Å²) < 4.78 is 38.2. The van der Waals surface area contributed by atoms with Crippen LogP contribution in [0.5, 0.6) is 5.75 Å². The molecule has 17 heteroatoms. The van der Waals surface area contributed by atoms with Crippen molar-refractivity contribution in [2.24, 2.45) is 5.92 Å². The first-order chi connectivity index (χ1) is 22.9. The molecule has 0 radical (unpaired) electrons. The third-order valence-corrected chi connectivity index (χ3v) is 8.30. The van der Waals surface area contributed by atoms with Gasteiger partial charge in [-0.25, -0.2) is 4.79 Å². The maximum Gasteiger partial charge on any atom is 0.337 e. The first-order valence-corrected chi connectivity index (χ1v) is 15.2. The van der Waals surface area contributed by atoms with Crippen LogP contribution in [0.4, 0.5) is 0 Å². The summed E-state index contributed by atoms with van der Waals surface area (Å²) in [6, 6.07) is 6.37. The zero-order valence-corrected chi connectivity index (χ0v) is 26.2. The lowest BCUT2D eigenvalue weighted by Crippen LogP contribution is -2.60. The maximum atomic E-state index is 13.3. The van der Waals surface area contributed by atoms with Crippen LogP contribution in [0.1, 0.15) is 18.9 Å². The largest absolute Gasteiger partial charge is 0.508 e. The molecule has 1 aromatic rings. The molecule has 0 unspecified atom stereocenters. The van der Waals surface area contributed by atoms with E-state index in [4.69, 9.17) is 33.2 Å². The minimum atomic E-state index is -1.77. The van der Waals surface area contributed by atoms with Crippen LogP contribution in [0.3, 0.4) is 0 Å². The maximum absolute atomic E-state index is 13.3. The molecule has 2 saturated heterocycles. The van der Waals surface area contributed by atoms with Gasteiger partial charge in [-0.3, -0.25) is 4.79 Å². The fourth-order valence-electron chi connectivity index (χ4n) is 5.58. The lowest BCUT2D eigenvalue weighted by atomic mass is 9.86. The Kier molecular flexibility index (Phi) is 13.3. The lowest BCUT2D eigenvalue weighted by Gasteiger charge is -2.42. The van der Waals surface area contributed by atoms with Crippen LogP contribution in [0, 0.1) is 5.92 Å². The van der Waals surface area contributed by atoms with Gasteiger partial charge < -0.3 is 74.0 Å². The van der Waals surface area contributed by atoms with Crippen molar-refractivity contribution in [3.05, 3.63) is 53.3 Å². The van der Waals surface area contributed by atoms with Crippen LogP contribution in [-0.2, 0) is 49.2 Å². The van der Waals surface area contributed by atoms with Gasteiger partial charge in [0.15, 0.2) is 18.7 Å². The van der Waals surface area contributed by atoms with Crippen molar-refractivity contribution in [3.63, 3.8) is 0 Å². The number of methoxy groups -OCH3 is 1. The van der Waals surface area contributed by atoms with Crippen molar-refractivity contribution < 1.29 is 83.6 Å². The van der Waals surface area contributed by atoms with E-state index in [-0.39, 0.29) is 23.5 Å². The van der Waals surface area contributed by atoms with Crippen molar-refractivity contribution in [3.8, 4) is 5.75 Å². The SMILES string of the molecule is C/C=C1/[C@H](O[C@@H]2O[C@H](CO)[C@@H](O)[C@H](O)[C@@H]2O)OC=C(C(=O)OC)[C@H]1CC(=O)O[C@H]1[C@@H](O)[C@H](O)[C@H](OCCc2ccc(O)cc2)O[C@@H]1CO. The van der Waals surface area contributed by atoms with Crippen LogP contribution in [0.2, 0.25) is 0 Å². The number of aliphatic hydroxyl groups excluding tert-OH is 7.